The number of anilines is 1. The highest BCUT2D eigenvalue weighted by atomic mass is 32.1. The summed E-state index contributed by atoms with van der Waals surface area (Å²) >= 11 is 5.21. The van der Waals surface area contributed by atoms with Crippen molar-refractivity contribution in [2.45, 2.75) is 0 Å². The molecule has 27 heavy (non-hydrogen) atoms. The van der Waals surface area contributed by atoms with Gasteiger partial charge in [0.25, 0.3) is 11.8 Å². The van der Waals surface area contributed by atoms with Crippen LogP contribution in [0.15, 0.2) is 60.3 Å². The number of aromatic nitrogens is 1. The first-order valence-electron chi connectivity index (χ1n) is 8.20. The molecule has 1 aromatic heterocycles. The lowest BCUT2D eigenvalue weighted by molar-refractivity contribution is -0.122. The predicted octanol–water partition coefficient (Wildman–Crippen LogP) is 3.01. The van der Waals surface area contributed by atoms with E-state index in [1.54, 1.807) is 43.6 Å². The molecular weight excluding hydrogens is 362 g/mol. The fourth-order valence-corrected chi connectivity index (χ4v) is 3.27. The van der Waals surface area contributed by atoms with Crippen molar-refractivity contribution in [1.82, 2.24) is 10.3 Å². The molecule has 0 saturated carbocycles. The molecule has 2 N–H and O–H groups in total. The van der Waals surface area contributed by atoms with Gasteiger partial charge in [0.1, 0.15) is 11.3 Å². The molecule has 2 aromatic carbocycles. The second-order valence-electron chi connectivity index (χ2n) is 5.95. The highest BCUT2D eigenvalue weighted by molar-refractivity contribution is 7.80. The predicted molar refractivity (Wildman–Crippen MR) is 107 cm³/mol. The van der Waals surface area contributed by atoms with Gasteiger partial charge in [-0.3, -0.25) is 19.8 Å². The lowest BCUT2D eigenvalue weighted by atomic mass is 10.1. The number of para-hydroxylation sites is 1. The molecule has 0 radical (unpaired) electrons. The van der Waals surface area contributed by atoms with Gasteiger partial charge in [-0.2, -0.15) is 0 Å². The fourth-order valence-electron chi connectivity index (χ4n) is 2.99. The molecule has 1 aliphatic heterocycles. The van der Waals surface area contributed by atoms with E-state index in [-0.39, 0.29) is 10.7 Å². The van der Waals surface area contributed by atoms with Gasteiger partial charge in [0, 0.05) is 22.7 Å². The van der Waals surface area contributed by atoms with Crippen LogP contribution >= 0.6 is 12.2 Å². The average Bonchev–Trinajstić information content (AvgIpc) is 3.08. The molecule has 0 bridgehead atoms. The highest BCUT2D eigenvalue weighted by Crippen LogP contribution is 2.26. The van der Waals surface area contributed by atoms with Crippen molar-refractivity contribution in [2.75, 3.05) is 12.0 Å². The van der Waals surface area contributed by atoms with Crippen LogP contribution in [-0.2, 0) is 9.59 Å². The average molecular weight is 377 g/mol. The first kappa shape index (κ1) is 17.0. The van der Waals surface area contributed by atoms with E-state index in [9.17, 15) is 9.59 Å². The van der Waals surface area contributed by atoms with Gasteiger partial charge in [-0.25, -0.2) is 0 Å². The number of hydrogen-bond donors (Lipinski definition) is 2. The summed E-state index contributed by atoms with van der Waals surface area (Å²) in [6.07, 6.45) is 3.34. The van der Waals surface area contributed by atoms with E-state index < -0.39 is 11.8 Å². The lowest BCUT2D eigenvalue weighted by Gasteiger charge is -2.29. The molecule has 0 atom stereocenters. The molecule has 134 valence electrons. The Kier molecular flexibility index (Phi) is 4.21. The zero-order chi connectivity index (χ0) is 19.0. The summed E-state index contributed by atoms with van der Waals surface area (Å²) in [5, 5.41) is 3.56. The van der Waals surface area contributed by atoms with Gasteiger partial charge >= 0.3 is 0 Å². The molecule has 2 amide bonds. The maximum Gasteiger partial charge on any atom is 0.270 e. The highest BCUT2D eigenvalue weighted by Gasteiger charge is 2.34. The van der Waals surface area contributed by atoms with E-state index in [4.69, 9.17) is 17.0 Å². The van der Waals surface area contributed by atoms with Gasteiger partial charge in [0.05, 0.1) is 12.8 Å². The van der Waals surface area contributed by atoms with Gasteiger partial charge in [-0.15, -0.1) is 0 Å². The molecule has 0 unspecified atom stereocenters. The smallest absolute Gasteiger partial charge is 0.270 e. The van der Waals surface area contributed by atoms with Crippen molar-refractivity contribution in [1.29, 1.82) is 0 Å². The summed E-state index contributed by atoms with van der Waals surface area (Å²) in [5.41, 5.74) is 2.25. The maximum atomic E-state index is 13.0. The van der Waals surface area contributed by atoms with E-state index in [1.165, 1.54) is 4.90 Å². The Morgan fingerprint density at radius 3 is 2.56 bits per heavy atom. The van der Waals surface area contributed by atoms with Crippen LogP contribution in [0.5, 0.6) is 5.75 Å². The third kappa shape index (κ3) is 2.98. The Morgan fingerprint density at radius 2 is 1.81 bits per heavy atom. The number of thiocarbonyl (C=S) groups is 1. The van der Waals surface area contributed by atoms with Crippen molar-refractivity contribution in [3.8, 4) is 5.75 Å². The minimum atomic E-state index is -0.514. The normalized spacial score (nSPS) is 16.1. The van der Waals surface area contributed by atoms with Crippen LogP contribution in [0.1, 0.15) is 5.56 Å². The number of nitrogens with one attached hydrogen (secondary N) is 2. The summed E-state index contributed by atoms with van der Waals surface area (Å²) in [7, 11) is 1.56. The molecule has 2 heterocycles. The molecule has 1 saturated heterocycles. The van der Waals surface area contributed by atoms with Gasteiger partial charge < -0.3 is 9.72 Å². The number of hydrogen-bond acceptors (Lipinski definition) is 4. The second kappa shape index (κ2) is 6.69. The third-order valence-corrected chi connectivity index (χ3v) is 4.64. The van der Waals surface area contributed by atoms with Gasteiger partial charge in [-0.1, -0.05) is 18.2 Å². The van der Waals surface area contributed by atoms with Crippen molar-refractivity contribution in [3.05, 3.63) is 65.9 Å². The number of carbonyl (C=O) groups is 2. The zero-order valence-corrected chi connectivity index (χ0v) is 15.2. The SMILES string of the molecule is COc1ccc(N2C(=O)/C(=C/c3c[nH]c4ccccc34)C(=O)NC2=S)cc1. The topological polar surface area (TPSA) is 74.4 Å². The number of H-pyrrole nitrogens is 1. The molecule has 1 fully saturated rings. The number of ether oxygens (including phenoxy) is 1. The molecule has 7 heteroatoms. The molecule has 0 aliphatic carbocycles. The van der Waals surface area contributed by atoms with Crippen LogP contribution in [0.2, 0.25) is 0 Å². The van der Waals surface area contributed by atoms with Crippen LogP contribution in [0.25, 0.3) is 17.0 Å². The molecular formula is C20H15N3O3S. The summed E-state index contributed by atoms with van der Waals surface area (Å²) in [5.74, 6) is -0.327. The lowest BCUT2D eigenvalue weighted by Crippen LogP contribution is -2.54. The number of rotatable bonds is 3. The van der Waals surface area contributed by atoms with Gasteiger partial charge in [-0.05, 0) is 48.6 Å². The number of methoxy groups -OCH3 is 1. The van der Waals surface area contributed by atoms with E-state index in [1.807, 2.05) is 24.3 Å². The van der Waals surface area contributed by atoms with Crippen LogP contribution in [0.3, 0.4) is 0 Å². The fraction of sp³-hybridized carbons (Fsp3) is 0.0500. The van der Waals surface area contributed by atoms with Crippen LogP contribution in [0.4, 0.5) is 5.69 Å². The number of aromatic amines is 1. The monoisotopic (exact) mass is 377 g/mol. The molecule has 3 aromatic rings. The summed E-state index contributed by atoms with van der Waals surface area (Å²) in [6, 6.07) is 14.6. The number of fused-ring (bicyclic) bond motifs is 1. The van der Waals surface area contributed by atoms with E-state index in [0.717, 1.165) is 16.5 Å². The molecule has 6 nitrogen and oxygen atoms in total. The zero-order valence-electron chi connectivity index (χ0n) is 14.4. The number of nitrogens with zero attached hydrogens (tertiary/aromatic N) is 1. The Hall–Kier alpha value is -3.45. The van der Waals surface area contributed by atoms with E-state index >= 15 is 0 Å². The largest absolute Gasteiger partial charge is 0.497 e. The van der Waals surface area contributed by atoms with E-state index in [0.29, 0.717) is 11.4 Å². The van der Waals surface area contributed by atoms with Crippen LogP contribution < -0.4 is 15.0 Å². The Balaban J connectivity index is 1.75. The summed E-state index contributed by atoms with van der Waals surface area (Å²) in [6.45, 7) is 0. The molecule has 1 aliphatic rings. The number of carbonyl (C=O) groups excluding carboxylic acids is 2. The van der Waals surface area contributed by atoms with Gasteiger partial charge in [0.15, 0.2) is 5.11 Å². The van der Waals surface area contributed by atoms with Crippen LogP contribution in [0, 0.1) is 0 Å². The molecule has 4 rings (SSSR count). The van der Waals surface area contributed by atoms with Gasteiger partial charge in [0.2, 0.25) is 0 Å². The van der Waals surface area contributed by atoms with E-state index in [2.05, 4.69) is 10.3 Å². The van der Waals surface area contributed by atoms with Crippen LogP contribution in [-0.4, -0.2) is 29.0 Å². The Morgan fingerprint density at radius 1 is 1.07 bits per heavy atom. The minimum Gasteiger partial charge on any atom is -0.497 e. The second-order valence-corrected chi connectivity index (χ2v) is 6.33. The maximum absolute atomic E-state index is 13.0. The Labute approximate surface area is 160 Å². The Bertz CT molecular complexity index is 1100. The summed E-state index contributed by atoms with van der Waals surface area (Å²) < 4.78 is 5.14. The number of amides is 2. The molecule has 0 spiro atoms. The quantitative estimate of drug-likeness (QED) is 0.418. The standard InChI is InChI=1S/C20H15N3O3S/c1-26-14-8-6-13(7-9-14)23-19(25)16(18(24)22-20(23)27)10-12-11-21-17-5-3-2-4-15(12)17/h2-11,21H,1H3,(H,22,24,27)/b16-10+. The summed E-state index contributed by atoms with van der Waals surface area (Å²) in [4.78, 5) is 29.9. The van der Waals surface area contributed by atoms with Crippen molar-refractivity contribution < 1.29 is 14.3 Å². The van der Waals surface area contributed by atoms with Crippen molar-refractivity contribution in [3.63, 3.8) is 0 Å². The number of benzene rings is 2. The van der Waals surface area contributed by atoms with Crippen molar-refractivity contribution >= 4 is 51.8 Å². The van der Waals surface area contributed by atoms with Crippen molar-refractivity contribution in [2.24, 2.45) is 0 Å². The minimum absolute atomic E-state index is 0.0178. The first-order chi connectivity index (χ1) is 13.1. The first-order valence-corrected chi connectivity index (χ1v) is 8.61. The third-order valence-electron chi connectivity index (χ3n) is 4.35.